The summed E-state index contributed by atoms with van der Waals surface area (Å²) in [5, 5.41) is 19.5. The highest BCUT2D eigenvalue weighted by molar-refractivity contribution is 5.84. The van der Waals surface area contributed by atoms with Gasteiger partial charge in [-0.05, 0) is 30.7 Å². The summed E-state index contributed by atoms with van der Waals surface area (Å²) in [6, 6.07) is 6.48. The molecule has 124 valence electrons. The minimum absolute atomic E-state index is 0.00990. The first-order valence-corrected chi connectivity index (χ1v) is 6.82. The van der Waals surface area contributed by atoms with Crippen molar-refractivity contribution in [2.75, 3.05) is 0 Å². The first-order valence-electron chi connectivity index (χ1n) is 6.82. The third-order valence-electron chi connectivity index (χ3n) is 2.99. The van der Waals surface area contributed by atoms with E-state index in [0.717, 1.165) is 6.07 Å². The van der Waals surface area contributed by atoms with Crippen molar-refractivity contribution < 1.29 is 24.0 Å². The Hall–Kier alpha value is -3.42. The van der Waals surface area contributed by atoms with Gasteiger partial charge in [0, 0.05) is 18.2 Å². The molecule has 0 bridgehead atoms. The van der Waals surface area contributed by atoms with Gasteiger partial charge < -0.3 is 14.3 Å². The lowest BCUT2D eigenvalue weighted by Gasteiger charge is -2.08. The summed E-state index contributed by atoms with van der Waals surface area (Å²) >= 11 is 0. The Morgan fingerprint density at radius 3 is 2.58 bits per heavy atom. The van der Waals surface area contributed by atoms with E-state index in [-0.39, 0.29) is 23.8 Å². The van der Waals surface area contributed by atoms with E-state index in [4.69, 9.17) is 14.3 Å². The average molecular weight is 331 g/mol. The van der Waals surface area contributed by atoms with E-state index in [1.54, 1.807) is 13.0 Å². The molecule has 0 unspecified atom stereocenters. The molecule has 0 saturated heterocycles. The van der Waals surface area contributed by atoms with Crippen molar-refractivity contribution in [3.05, 3.63) is 73.8 Å². The third kappa shape index (κ3) is 3.86. The van der Waals surface area contributed by atoms with Gasteiger partial charge >= 0.3 is 5.97 Å². The second-order valence-electron chi connectivity index (χ2n) is 4.69. The number of hydrogen-bond donors (Lipinski definition) is 1. The number of carbonyl (C=O) groups is 1. The smallest absolute Gasteiger partial charge is 0.371 e. The molecule has 8 heteroatoms. The first-order chi connectivity index (χ1) is 11.4. The molecule has 24 heavy (non-hydrogen) atoms. The third-order valence-corrected chi connectivity index (χ3v) is 2.99. The van der Waals surface area contributed by atoms with Crippen LogP contribution in [0.5, 0.6) is 5.75 Å². The van der Waals surface area contributed by atoms with E-state index < -0.39 is 22.1 Å². The molecular formula is C16H13NO7. The molecule has 0 aliphatic rings. The van der Waals surface area contributed by atoms with Crippen LogP contribution < -0.4 is 10.2 Å². The molecule has 1 aromatic heterocycles. The predicted octanol–water partition coefficient (Wildman–Crippen LogP) is 2.86. The van der Waals surface area contributed by atoms with Crippen LogP contribution in [0.1, 0.15) is 28.8 Å². The van der Waals surface area contributed by atoms with E-state index in [1.807, 2.05) is 0 Å². The SMILES string of the molecule is CC=Cc1oc(C(=O)O)cc(=O)c1OCc1ccc([N+](=O)[O-])cc1. The quantitative estimate of drug-likeness (QED) is 0.638. The number of nitro benzene ring substituents is 1. The minimum atomic E-state index is -1.36. The highest BCUT2D eigenvalue weighted by atomic mass is 16.6. The van der Waals surface area contributed by atoms with Gasteiger partial charge in [-0.2, -0.15) is 0 Å². The first kappa shape index (κ1) is 16.9. The summed E-state index contributed by atoms with van der Waals surface area (Å²) in [4.78, 5) is 33.1. The molecule has 2 aromatic rings. The molecule has 0 atom stereocenters. The van der Waals surface area contributed by atoms with Gasteiger partial charge in [-0.3, -0.25) is 14.9 Å². The Labute approximate surface area is 135 Å². The van der Waals surface area contributed by atoms with Gasteiger partial charge in [-0.1, -0.05) is 6.08 Å². The van der Waals surface area contributed by atoms with Gasteiger partial charge in [-0.25, -0.2) is 4.79 Å². The van der Waals surface area contributed by atoms with Crippen molar-refractivity contribution in [1.82, 2.24) is 0 Å². The Bertz CT molecular complexity index is 850. The molecule has 0 aliphatic carbocycles. The van der Waals surface area contributed by atoms with E-state index >= 15 is 0 Å². The number of carboxylic acid groups (broad SMARTS) is 1. The van der Waals surface area contributed by atoms with Crippen LogP contribution in [0.15, 0.2) is 45.6 Å². The molecule has 1 N–H and O–H groups in total. The maximum atomic E-state index is 12.0. The summed E-state index contributed by atoms with van der Waals surface area (Å²) in [5.41, 5.74) is -0.0823. The normalized spacial score (nSPS) is 10.7. The van der Waals surface area contributed by atoms with Crippen LogP contribution in [0.25, 0.3) is 6.08 Å². The molecule has 0 spiro atoms. The van der Waals surface area contributed by atoms with E-state index in [1.165, 1.54) is 30.3 Å². The van der Waals surface area contributed by atoms with Crippen LogP contribution in [0, 0.1) is 10.1 Å². The molecule has 2 rings (SSSR count). The largest absolute Gasteiger partial charge is 0.481 e. The van der Waals surface area contributed by atoms with Crippen molar-refractivity contribution in [2.24, 2.45) is 0 Å². The van der Waals surface area contributed by atoms with Gasteiger partial charge in [0.25, 0.3) is 5.69 Å². The lowest BCUT2D eigenvalue weighted by molar-refractivity contribution is -0.384. The number of nitrogens with zero attached hydrogens (tertiary/aromatic N) is 1. The van der Waals surface area contributed by atoms with Crippen LogP contribution in [0.2, 0.25) is 0 Å². The molecule has 1 aromatic carbocycles. The zero-order valence-corrected chi connectivity index (χ0v) is 12.6. The van der Waals surface area contributed by atoms with E-state index in [0.29, 0.717) is 5.56 Å². The van der Waals surface area contributed by atoms with Crippen molar-refractivity contribution in [3.8, 4) is 5.75 Å². The number of aromatic carboxylic acids is 1. The summed E-state index contributed by atoms with van der Waals surface area (Å²) in [5.74, 6) is -1.99. The predicted molar refractivity (Wildman–Crippen MR) is 84.1 cm³/mol. The van der Waals surface area contributed by atoms with Gasteiger partial charge in [0.15, 0.2) is 5.76 Å². The van der Waals surface area contributed by atoms with Gasteiger partial charge in [0.05, 0.1) is 4.92 Å². The minimum Gasteiger partial charge on any atom is -0.481 e. The highest BCUT2D eigenvalue weighted by Gasteiger charge is 2.16. The second-order valence-corrected chi connectivity index (χ2v) is 4.69. The molecule has 0 fully saturated rings. The average Bonchev–Trinajstić information content (AvgIpc) is 2.54. The fourth-order valence-electron chi connectivity index (χ4n) is 1.88. The highest BCUT2D eigenvalue weighted by Crippen LogP contribution is 2.19. The van der Waals surface area contributed by atoms with Gasteiger partial charge in [0.1, 0.15) is 6.61 Å². The molecule has 8 nitrogen and oxygen atoms in total. The zero-order valence-electron chi connectivity index (χ0n) is 12.6. The molecule has 1 heterocycles. The second kappa shape index (κ2) is 7.23. The van der Waals surface area contributed by atoms with Crippen molar-refractivity contribution in [3.63, 3.8) is 0 Å². The van der Waals surface area contributed by atoms with E-state index in [9.17, 15) is 19.7 Å². The monoisotopic (exact) mass is 331 g/mol. The number of nitro groups is 1. The fraction of sp³-hybridized carbons (Fsp3) is 0.125. The Kier molecular flexibility index (Phi) is 5.10. The molecular weight excluding hydrogens is 318 g/mol. The van der Waals surface area contributed by atoms with Crippen LogP contribution in [-0.4, -0.2) is 16.0 Å². The number of carboxylic acids is 1. The van der Waals surface area contributed by atoms with Crippen LogP contribution in [0.4, 0.5) is 5.69 Å². The summed E-state index contributed by atoms with van der Waals surface area (Å²) in [6.07, 6.45) is 2.99. The van der Waals surface area contributed by atoms with Gasteiger partial charge in [0.2, 0.25) is 16.9 Å². The summed E-state index contributed by atoms with van der Waals surface area (Å²) in [6.45, 7) is 1.65. The summed E-state index contributed by atoms with van der Waals surface area (Å²) in [7, 11) is 0. The Balaban J connectivity index is 2.27. The standard InChI is InChI=1S/C16H13NO7/c1-2-3-13-15(12(18)8-14(24-13)16(19)20)23-9-10-4-6-11(7-5-10)17(21)22/h2-8H,9H2,1H3,(H,19,20). The lowest BCUT2D eigenvalue weighted by atomic mass is 10.2. The van der Waals surface area contributed by atoms with Crippen molar-refractivity contribution in [1.29, 1.82) is 0 Å². The number of allylic oxidation sites excluding steroid dienone is 1. The van der Waals surface area contributed by atoms with Crippen LogP contribution in [0.3, 0.4) is 0 Å². The molecule has 0 radical (unpaired) electrons. The number of rotatable bonds is 6. The number of ether oxygens (including phenoxy) is 1. The maximum Gasteiger partial charge on any atom is 0.371 e. The number of benzene rings is 1. The molecule has 0 saturated carbocycles. The summed E-state index contributed by atoms with van der Waals surface area (Å²) < 4.78 is 10.6. The Morgan fingerprint density at radius 2 is 2.04 bits per heavy atom. The zero-order chi connectivity index (χ0) is 17.7. The van der Waals surface area contributed by atoms with Crippen LogP contribution in [-0.2, 0) is 6.61 Å². The molecule has 0 amide bonds. The number of hydrogen-bond acceptors (Lipinski definition) is 6. The number of non-ortho nitro benzene ring substituents is 1. The topological polar surface area (TPSA) is 120 Å². The Morgan fingerprint density at radius 1 is 1.38 bits per heavy atom. The van der Waals surface area contributed by atoms with Gasteiger partial charge in [-0.15, -0.1) is 0 Å². The fourth-order valence-corrected chi connectivity index (χ4v) is 1.88. The van der Waals surface area contributed by atoms with Crippen molar-refractivity contribution >= 4 is 17.7 Å². The maximum absolute atomic E-state index is 12.0. The molecule has 0 aliphatic heterocycles. The van der Waals surface area contributed by atoms with Crippen molar-refractivity contribution in [2.45, 2.75) is 13.5 Å². The van der Waals surface area contributed by atoms with E-state index in [2.05, 4.69) is 0 Å². The van der Waals surface area contributed by atoms with Crippen LogP contribution >= 0.6 is 0 Å². The lowest BCUT2D eigenvalue weighted by Crippen LogP contribution is -2.12.